The first-order valence-electron chi connectivity index (χ1n) is 6.74. The van der Waals surface area contributed by atoms with Gasteiger partial charge in [-0.2, -0.15) is 0 Å². The summed E-state index contributed by atoms with van der Waals surface area (Å²) in [5, 5.41) is 20.4. The monoisotopic (exact) mass is 315 g/mol. The third kappa shape index (κ3) is 3.34. The molecule has 23 heavy (non-hydrogen) atoms. The van der Waals surface area contributed by atoms with E-state index in [4.69, 9.17) is 9.84 Å². The molecule has 0 aliphatic rings. The Hall–Kier alpha value is -3.22. The van der Waals surface area contributed by atoms with E-state index in [9.17, 15) is 19.7 Å². The Labute approximate surface area is 131 Å². The summed E-state index contributed by atoms with van der Waals surface area (Å²) in [6.45, 7) is 1.77. The highest BCUT2D eigenvalue weighted by Gasteiger charge is 2.28. The van der Waals surface area contributed by atoms with Crippen LogP contribution in [-0.2, 0) is 0 Å². The zero-order valence-electron chi connectivity index (χ0n) is 12.2. The molecule has 0 aromatic heterocycles. The minimum Gasteiger partial charge on any atom is -0.493 e. The van der Waals surface area contributed by atoms with Crippen LogP contribution in [0.25, 0.3) is 0 Å². The van der Waals surface area contributed by atoms with Gasteiger partial charge in [0.15, 0.2) is 0 Å². The van der Waals surface area contributed by atoms with Crippen molar-refractivity contribution in [2.24, 2.45) is 0 Å². The Kier molecular flexibility index (Phi) is 4.70. The highest BCUT2D eigenvalue weighted by molar-refractivity contribution is 6.14. The Morgan fingerprint density at radius 2 is 1.83 bits per heavy atom. The van der Waals surface area contributed by atoms with Crippen molar-refractivity contribution < 1.29 is 24.4 Å². The first-order chi connectivity index (χ1) is 11.0. The van der Waals surface area contributed by atoms with Crippen molar-refractivity contribution in [1.29, 1.82) is 0 Å². The van der Waals surface area contributed by atoms with Gasteiger partial charge in [-0.25, -0.2) is 4.79 Å². The van der Waals surface area contributed by atoms with Gasteiger partial charge in [0.05, 0.1) is 17.1 Å². The lowest BCUT2D eigenvalue weighted by Gasteiger charge is -2.11. The van der Waals surface area contributed by atoms with Gasteiger partial charge in [0.2, 0.25) is 5.78 Å². The van der Waals surface area contributed by atoms with Gasteiger partial charge in [-0.05, 0) is 13.0 Å². The smallest absolute Gasteiger partial charge is 0.336 e. The number of hydrogen-bond donors (Lipinski definition) is 1. The number of carboxylic acids is 1. The number of nitro groups is 1. The molecule has 7 heteroatoms. The van der Waals surface area contributed by atoms with Crippen molar-refractivity contribution in [3.8, 4) is 5.75 Å². The molecule has 1 N–H and O–H groups in total. The van der Waals surface area contributed by atoms with Gasteiger partial charge in [0.1, 0.15) is 11.3 Å². The number of ether oxygens (including phenoxy) is 1. The van der Waals surface area contributed by atoms with E-state index in [1.165, 1.54) is 12.1 Å². The van der Waals surface area contributed by atoms with Crippen LogP contribution in [0.2, 0.25) is 0 Å². The van der Waals surface area contributed by atoms with E-state index in [0.717, 1.165) is 12.1 Å². The molecule has 0 bridgehead atoms. The number of carbonyl (C=O) groups excluding carboxylic acids is 1. The molecule has 0 saturated heterocycles. The molecule has 0 aliphatic carbocycles. The lowest BCUT2D eigenvalue weighted by Crippen LogP contribution is -2.11. The molecule has 2 aromatic rings. The fraction of sp³-hybridized carbons (Fsp3) is 0.125. The van der Waals surface area contributed by atoms with Crippen LogP contribution >= 0.6 is 0 Å². The normalized spacial score (nSPS) is 10.1. The Morgan fingerprint density at radius 1 is 1.17 bits per heavy atom. The molecule has 0 atom stereocenters. The predicted octanol–water partition coefficient (Wildman–Crippen LogP) is 2.92. The zero-order chi connectivity index (χ0) is 17.0. The molecule has 0 amide bonds. The summed E-state index contributed by atoms with van der Waals surface area (Å²) < 4.78 is 5.27. The number of nitro benzene ring substituents is 1. The largest absolute Gasteiger partial charge is 0.493 e. The van der Waals surface area contributed by atoms with Crippen LogP contribution in [0, 0.1) is 10.1 Å². The SMILES string of the molecule is CCOc1cc(C(=O)O)cc([N+](=O)[O-])c1C(=O)c1ccccc1. The van der Waals surface area contributed by atoms with Crippen molar-refractivity contribution in [1.82, 2.24) is 0 Å². The minimum atomic E-state index is -1.34. The van der Waals surface area contributed by atoms with E-state index in [1.54, 1.807) is 25.1 Å². The summed E-state index contributed by atoms with van der Waals surface area (Å²) in [7, 11) is 0. The number of aromatic carboxylic acids is 1. The maximum absolute atomic E-state index is 12.6. The quantitative estimate of drug-likeness (QED) is 0.499. The molecule has 0 heterocycles. The zero-order valence-corrected chi connectivity index (χ0v) is 12.2. The average Bonchev–Trinajstić information content (AvgIpc) is 2.54. The Balaban J connectivity index is 2.71. The van der Waals surface area contributed by atoms with Gasteiger partial charge in [-0.15, -0.1) is 0 Å². The molecule has 118 valence electrons. The van der Waals surface area contributed by atoms with E-state index >= 15 is 0 Å². The minimum absolute atomic E-state index is 0.118. The number of rotatable bonds is 6. The second kappa shape index (κ2) is 6.69. The summed E-state index contributed by atoms with van der Waals surface area (Å²) >= 11 is 0. The third-order valence-corrected chi connectivity index (χ3v) is 3.09. The first kappa shape index (κ1) is 16.2. The van der Waals surface area contributed by atoms with Gasteiger partial charge in [-0.1, -0.05) is 30.3 Å². The Morgan fingerprint density at radius 3 is 2.35 bits per heavy atom. The lowest BCUT2D eigenvalue weighted by molar-refractivity contribution is -0.385. The van der Waals surface area contributed by atoms with E-state index in [0.29, 0.717) is 0 Å². The topological polar surface area (TPSA) is 107 Å². The molecule has 0 unspecified atom stereocenters. The van der Waals surface area contributed by atoms with Crippen LogP contribution in [0.4, 0.5) is 5.69 Å². The van der Waals surface area contributed by atoms with Crippen LogP contribution in [0.5, 0.6) is 5.75 Å². The van der Waals surface area contributed by atoms with Gasteiger partial charge in [0.25, 0.3) is 5.69 Å². The summed E-state index contributed by atoms with van der Waals surface area (Å²) in [6.07, 6.45) is 0. The molecule has 0 fully saturated rings. The standard InChI is InChI=1S/C16H13NO6/c1-2-23-13-9-11(16(19)20)8-12(17(21)22)14(13)15(18)10-6-4-3-5-7-10/h3-9H,2H2,1H3,(H,19,20). The number of nitrogens with zero attached hydrogens (tertiary/aromatic N) is 1. The van der Waals surface area contributed by atoms with Crippen molar-refractivity contribution >= 4 is 17.4 Å². The maximum Gasteiger partial charge on any atom is 0.336 e. The number of benzene rings is 2. The second-order valence-electron chi connectivity index (χ2n) is 4.56. The number of hydrogen-bond acceptors (Lipinski definition) is 5. The maximum atomic E-state index is 12.6. The highest BCUT2D eigenvalue weighted by Crippen LogP contribution is 2.33. The van der Waals surface area contributed by atoms with E-state index in [2.05, 4.69) is 0 Å². The molecule has 2 aromatic carbocycles. The molecule has 0 saturated carbocycles. The predicted molar refractivity (Wildman–Crippen MR) is 81.1 cm³/mol. The van der Waals surface area contributed by atoms with Gasteiger partial charge >= 0.3 is 5.97 Å². The first-order valence-corrected chi connectivity index (χ1v) is 6.74. The van der Waals surface area contributed by atoms with Crippen molar-refractivity contribution in [2.75, 3.05) is 6.61 Å². The third-order valence-electron chi connectivity index (χ3n) is 3.09. The van der Waals surface area contributed by atoms with E-state index in [-0.39, 0.29) is 29.0 Å². The molecular formula is C16H13NO6. The molecular weight excluding hydrogens is 302 g/mol. The van der Waals surface area contributed by atoms with E-state index in [1.807, 2.05) is 0 Å². The van der Waals surface area contributed by atoms with Gasteiger partial charge < -0.3 is 9.84 Å². The van der Waals surface area contributed by atoms with Crippen LogP contribution in [0.1, 0.15) is 33.2 Å². The van der Waals surface area contributed by atoms with Crippen molar-refractivity contribution in [3.63, 3.8) is 0 Å². The molecule has 7 nitrogen and oxygen atoms in total. The fourth-order valence-corrected chi connectivity index (χ4v) is 2.10. The van der Waals surface area contributed by atoms with Crippen molar-refractivity contribution in [2.45, 2.75) is 6.92 Å². The van der Waals surface area contributed by atoms with Crippen LogP contribution in [0.15, 0.2) is 42.5 Å². The van der Waals surface area contributed by atoms with Crippen molar-refractivity contribution in [3.05, 3.63) is 69.3 Å². The summed E-state index contributed by atoms with van der Waals surface area (Å²) in [5.41, 5.74) is -0.917. The van der Waals surface area contributed by atoms with Crippen LogP contribution in [0.3, 0.4) is 0 Å². The second-order valence-corrected chi connectivity index (χ2v) is 4.56. The summed E-state index contributed by atoms with van der Waals surface area (Å²) in [4.78, 5) is 34.2. The molecule has 2 rings (SSSR count). The molecule has 0 radical (unpaired) electrons. The lowest BCUT2D eigenvalue weighted by atomic mass is 9.98. The molecule has 0 spiro atoms. The number of carboxylic acid groups (broad SMARTS) is 1. The van der Waals surface area contributed by atoms with E-state index < -0.39 is 22.4 Å². The summed E-state index contributed by atoms with van der Waals surface area (Å²) in [5.74, 6) is -2.06. The number of ketones is 1. The van der Waals surface area contributed by atoms with Gasteiger partial charge in [-0.3, -0.25) is 14.9 Å². The summed E-state index contributed by atoms with van der Waals surface area (Å²) in [6, 6.07) is 9.99. The van der Waals surface area contributed by atoms with Gasteiger partial charge in [0, 0.05) is 11.6 Å². The fourth-order valence-electron chi connectivity index (χ4n) is 2.10. The average molecular weight is 315 g/mol. The highest BCUT2D eigenvalue weighted by atomic mass is 16.6. The Bertz CT molecular complexity index is 770. The number of carbonyl (C=O) groups is 2. The van der Waals surface area contributed by atoms with Crippen LogP contribution in [-0.4, -0.2) is 28.4 Å². The van der Waals surface area contributed by atoms with Crippen LogP contribution < -0.4 is 4.74 Å². The molecule has 0 aliphatic heterocycles.